The average Bonchev–Trinajstić information content (AvgIpc) is 2.53. The number of nitrogens with two attached hydrogens (primary N) is 1. The van der Waals surface area contributed by atoms with E-state index in [0.717, 1.165) is 11.4 Å². The molecule has 0 saturated heterocycles. The summed E-state index contributed by atoms with van der Waals surface area (Å²) < 4.78 is 15.8. The first-order valence-electron chi connectivity index (χ1n) is 6.02. The summed E-state index contributed by atoms with van der Waals surface area (Å²) in [6.45, 7) is 8.13. The fourth-order valence-electron chi connectivity index (χ4n) is 2.28. The highest BCUT2D eigenvalue weighted by atomic mass is 79.9. The molecule has 2 N–H and O–H groups in total. The van der Waals surface area contributed by atoms with Gasteiger partial charge in [-0.1, -0.05) is 0 Å². The maximum absolute atomic E-state index is 13.2. The molecule has 102 valence electrons. The van der Waals surface area contributed by atoms with Gasteiger partial charge in [0.2, 0.25) is 0 Å². The molecule has 0 spiro atoms. The van der Waals surface area contributed by atoms with Crippen molar-refractivity contribution in [3.8, 4) is 11.3 Å². The van der Waals surface area contributed by atoms with Crippen molar-refractivity contribution in [2.75, 3.05) is 5.73 Å². The molecule has 0 aliphatic rings. The van der Waals surface area contributed by atoms with Crippen molar-refractivity contribution >= 4 is 21.7 Å². The van der Waals surface area contributed by atoms with E-state index in [0.29, 0.717) is 16.0 Å². The summed E-state index contributed by atoms with van der Waals surface area (Å²) in [5.41, 5.74) is 7.54. The lowest BCUT2D eigenvalue weighted by atomic mass is 10.1. The Bertz CT molecular complexity index is 626. The number of nitrogens with zero attached hydrogens (tertiary/aromatic N) is 2. The van der Waals surface area contributed by atoms with Crippen LogP contribution < -0.4 is 5.73 Å². The number of halogens is 2. The van der Waals surface area contributed by atoms with Crippen LogP contribution in [0.25, 0.3) is 11.3 Å². The topological polar surface area (TPSA) is 43.8 Å². The summed E-state index contributed by atoms with van der Waals surface area (Å²) in [6.07, 6.45) is 0. The minimum absolute atomic E-state index is 0.147. The standard InChI is InChI=1S/C14H17BrFN3/c1-8-18-12(13(17)19(8)14(2,3)4)10-6-5-9(16)7-11(10)15/h5-7H,17H2,1-4H3. The number of benzene rings is 1. The number of nitrogen functional groups attached to an aromatic ring is 1. The Balaban J connectivity index is 2.65. The third-order valence-corrected chi connectivity index (χ3v) is 3.59. The molecule has 0 saturated carbocycles. The van der Waals surface area contributed by atoms with Gasteiger partial charge in [-0.05, 0) is 61.8 Å². The van der Waals surface area contributed by atoms with Crippen LogP contribution >= 0.6 is 15.9 Å². The van der Waals surface area contributed by atoms with Gasteiger partial charge < -0.3 is 10.3 Å². The molecular weight excluding hydrogens is 309 g/mol. The first kappa shape index (κ1) is 14.1. The first-order valence-corrected chi connectivity index (χ1v) is 6.82. The van der Waals surface area contributed by atoms with Gasteiger partial charge in [-0.25, -0.2) is 9.37 Å². The fraction of sp³-hybridized carbons (Fsp3) is 0.357. The van der Waals surface area contributed by atoms with Crippen molar-refractivity contribution in [1.29, 1.82) is 0 Å². The highest BCUT2D eigenvalue weighted by Crippen LogP contribution is 2.35. The molecule has 1 aromatic heterocycles. The molecule has 3 nitrogen and oxygen atoms in total. The Morgan fingerprint density at radius 2 is 1.95 bits per heavy atom. The van der Waals surface area contributed by atoms with Crippen molar-refractivity contribution in [3.63, 3.8) is 0 Å². The van der Waals surface area contributed by atoms with Gasteiger partial charge in [-0.3, -0.25) is 0 Å². The lowest BCUT2D eigenvalue weighted by Crippen LogP contribution is -2.24. The molecule has 0 aliphatic heterocycles. The van der Waals surface area contributed by atoms with Crippen LogP contribution in [0.2, 0.25) is 0 Å². The number of aromatic nitrogens is 2. The second-order valence-corrected chi connectivity index (χ2v) is 6.38. The molecule has 0 amide bonds. The van der Waals surface area contributed by atoms with Gasteiger partial charge >= 0.3 is 0 Å². The van der Waals surface area contributed by atoms with Crippen molar-refractivity contribution in [2.24, 2.45) is 0 Å². The molecule has 2 rings (SSSR count). The third-order valence-electron chi connectivity index (χ3n) is 2.94. The van der Waals surface area contributed by atoms with Crippen LogP contribution in [0, 0.1) is 12.7 Å². The average molecular weight is 326 g/mol. The molecule has 0 bridgehead atoms. The number of aryl methyl sites for hydroxylation is 1. The minimum atomic E-state index is -0.291. The molecule has 19 heavy (non-hydrogen) atoms. The van der Waals surface area contributed by atoms with E-state index >= 15 is 0 Å². The molecule has 1 heterocycles. The van der Waals surface area contributed by atoms with Crippen LogP contribution in [0.3, 0.4) is 0 Å². The van der Waals surface area contributed by atoms with Gasteiger partial charge in [0.05, 0.1) is 0 Å². The molecular formula is C14H17BrFN3. The maximum Gasteiger partial charge on any atom is 0.132 e. The number of imidazole rings is 1. The first-order chi connectivity index (χ1) is 8.71. The number of hydrogen-bond donors (Lipinski definition) is 1. The summed E-state index contributed by atoms with van der Waals surface area (Å²) in [7, 11) is 0. The molecule has 0 unspecified atom stereocenters. The van der Waals surface area contributed by atoms with Crippen molar-refractivity contribution in [1.82, 2.24) is 9.55 Å². The summed E-state index contributed by atoms with van der Waals surface area (Å²) >= 11 is 3.36. The second-order valence-electron chi connectivity index (χ2n) is 5.52. The normalized spacial score (nSPS) is 11.9. The summed E-state index contributed by atoms with van der Waals surface area (Å²) in [5, 5.41) is 0. The van der Waals surface area contributed by atoms with Crippen LogP contribution in [0.15, 0.2) is 22.7 Å². The van der Waals surface area contributed by atoms with Gasteiger partial charge in [0, 0.05) is 15.6 Å². The highest BCUT2D eigenvalue weighted by Gasteiger charge is 2.23. The minimum Gasteiger partial charge on any atom is -0.383 e. The van der Waals surface area contributed by atoms with Crippen LogP contribution in [0.5, 0.6) is 0 Å². The van der Waals surface area contributed by atoms with Gasteiger partial charge in [0.15, 0.2) is 0 Å². The van der Waals surface area contributed by atoms with E-state index in [4.69, 9.17) is 5.73 Å². The molecule has 0 atom stereocenters. The molecule has 5 heteroatoms. The summed E-state index contributed by atoms with van der Waals surface area (Å²) in [5.74, 6) is 1.15. The molecule has 0 aliphatic carbocycles. The summed E-state index contributed by atoms with van der Waals surface area (Å²) in [4.78, 5) is 4.52. The Kier molecular flexibility index (Phi) is 3.43. The lowest BCUT2D eigenvalue weighted by molar-refractivity contribution is 0.393. The Morgan fingerprint density at radius 1 is 1.32 bits per heavy atom. The van der Waals surface area contributed by atoms with E-state index in [-0.39, 0.29) is 11.4 Å². The zero-order valence-corrected chi connectivity index (χ0v) is 13.0. The fourth-order valence-corrected chi connectivity index (χ4v) is 2.81. The Labute approximate surface area is 120 Å². The van der Waals surface area contributed by atoms with E-state index in [1.54, 1.807) is 6.07 Å². The Hall–Kier alpha value is -1.36. The van der Waals surface area contributed by atoms with Gasteiger partial charge in [-0.15, -0.1) is 0 Å². The van der Waals surface area contributed by atoms with E-state index in [2.05, 4.69) is 41.7 Å². The molecule has 0 radical (unpaired) electrons. The maximum atomic E-state index is 13.2. The van der Waals surface area contributed by atoms with E-state index < -0.39 is 0 Å². The predicted molar refractivity (Wildman–Crippen MR) is 79.5 cm³/mol. The SMILES string of the molecule is Cc1nc(-c2ccc(F)cc2Br)c(N)n1C(C)(C)C. The summed E-state index contributed by atoms with van der Waals surface area (Å²) in [6, 6.07) is 4.51. The third kappa shape index (κ3) is 2.52. The van der Waals surface area contributed by atoms with E-state index in [1.807, 2.05) is 11.5 Å². The van der Waals surface area contributed by atoms with Crippen LogP contribution in [0.1, 0.15) is 26.6 Å². The zero-order chi connectivity index (χ0) is 14.4. The van der Waals surface area contributed by atoms with Crippen LogP contribution in [0.4, 0.5) is 10.2 Å². The number of rotatable bonds is 1. The van der Waals surface area contributed by atoms with Crippen LogP contribution in [-0.2, 0) is 5.54 Å². The van der Waals surface area contributed by atoms with Crippen LogP contribution in [-0.4, -0.2) is 9.55 Å². The highest BCUT2D eigenvalue weighted by molar-refractivity contribution is 9.10. The largest absolute Gasteiger partial charge is 0.383 e. The molecule has 0 fully saturated rings. The number of anilines is 1. The second kappa shape index (κ2) is 4.63. The smallest absolute Gasteiger partial charge is 0.132 e. The van der Waals surface area contributed by atoms with Gasteiger partial charge in [-0.2, -0.15) is 0 Å². The molecule has 2 aromatic rings. The van der Waals surface area contributed by atoms with Crippen molar-refractivity contribution < 1.29 is 4.39 Å². The molecule has 1 aromatic carbocycles. The van der Waals surface area contributed by atoms with Crippen molar-refractivity contribution in [3.05, 3.63) is 34.3 Å². The number of hydrogen-bond acceptors (Lipinski definition) is 2. The Morgan fingerprint density at radius 3 is 2.42 bits per heavy atom. The van der Waals surface area contributed by atoms with E-state index in [9.17, 15) is 4.39 Å². The monoisotopic (exact) mass is 325 g/mol. The lowest BCUT2D eigenvalue weighted by Gasteiger charge is -2.24. The van der Waals surface area contributed by atoms with Gasteiger partial charge in [0.1, 0.15) is 23.2 Å². The van der Waals surface area contributed by atoms with Gasteiger partial charge in [0.25, 0.3) is 0 Å². The van der Waals surface area contributed by atoms with E-state index in [1.165, 1.54) is 12.1 Å². The predicted octanol–water partition coefficient (Wildman–Crippen LogP) is 4.10. The van der Waals surface area contributed by atoms with Crippen molar-refractivity contribution in [2.45, 2.75) is 33.2 Å². The zero-order valence-electron chi connectivity index (χ0n) is 11.5. The quantitative estimate of drug-likeness (QED) is 0.857.